The third kappa shape index (κ3) is 4.13. The Bertz CT molecular complexity index is 2470. The number of hydrogen-bond donors (Lipinski definition) is 0. The van der Waals surface area contributed by atoms with Crippen molar-refractivity contribution < 1.29 is 4.42 Å². The highest BCUT2D eigenvalue weighted by atomic mass is 16.3. The fourth-order valence-corrected chi connectivity index (χ4v) is 6.43. The summed E-state index contributed by atoms with van der Waals surface area (Å²) in [7, 11) is 0. The number of nitrogens with zero attached hydrogens (tertiary/aromatic N) is 4. The second kappa shape index (κ2) is 10.00. The molecule has 0 N–H and O–H groups in total. The third-order valence-corrected chi connectivity index (χ3v) is 8.46. The summed E-state index contributed by atoms with van der Waals surface area (Å²) in [5.41, 5.74) is 8.79. The van der Waals surface area contributed by atoms with Crippen molar-refractivity contribution in [1.82, 2.24) is 19.5 Å². The molecular formula is C40H26N4O. The van der Waals surface area contributed by atoms with Gasteiger partial charge in [0.15, 0.2) is 17.5 Å². The van der Waals surface area contributed by atoms with E-state index in [9.17, 15) is 0 Å². The van der Waals surface area contributed by atoms with Crippen LogP contribution in [0, 0.1) is 6.92 Å². The molecule has 0 aliphatic rings. The highest BCUT2D eigenvalue weighted by Crippen LogP contribution is 2.41. The molecule has 0 amide bonds. The van der Waals surface area contributed by atoms with E-state index >= 15 is 0 Å². The van der Waals surface area contributed by atoms with Gasteiger partial charge in [-0.2, -0.15) is 0 Å². The first-order valence-electron chi connectivity index (χ1n) is 15.0. The van der Waals surface area contributed by atoms with Crippen molar-refractivity contribution >= 4 is 43.7 Å². The van der Waals surface area contributed by atoms with Gasteiger partial charge in [0.05, 0.1) is 16.6 Å². The van der Waals surface area contributed by atoms with Gasteiger partial charge in [0, 0.05) is 44.4 Å². The minimum atomic E-state index is 0.583. The first-order valence-corrected chi connectivity index (χ1v) is 15.0. The summed E-state index contributed by atoms with van der Waals surface area (Å²) in [6.45, 7) is 2.11. The summed E-state index contributed by atoms with van der Waals surface area (Å²) in [6.07, 6.45) is 0. The smallest absolute Gasteiger partial charge is 0.167 e. The molecule has 0 atom stereocenters. The molecule has 5 nitrogen and oxygen atoms in total. The average Bonchev–Trinajstić information content (AvgIpc) is 3.62. The second-order valence-electron chi connectivity index (χ2n) is 11.4. The second-order valence-corrected chi connectivity index (χ2v) is 11.4. The zero-order valence-electron chi connectivity index (χ0n) is 24.5. The lowest BCUT2D eigenvalue weighted by atomic mass is 10.0. The molecule has 9 aromatic rings. The topological polar surface area (TPSA) is 56.7 Å². The summed E-state index contributed by atoms with van der Waals surface area (Å²) in [6, 6.07) is 47.9. The summed E-state index contributed by atoms with van der Waals surface area (Å²) < 4.78 is 9.08. The molecule has 9 rings (SSSR count). The van der Waals surface area contributed by atoms with Gasteiger partial charge in [0.1, 0.15) is 11.2 Å². The van der Waals surface area contributed by atoms with Crippen LogP contribution in [-0.4, -0.2) is 19.5 Å². The van der Waals surface area contributed by atoms with Crippen LogP contribution >= 0.6 is 0 Å². The lowest BCUT2D eigenvalue weighted by molar-refractivity contribution is 0.670. The van der Waals surface area contributed by atoms with E-state index in [4.69, 9.17) is 19.4 Å². The van der Waals surface area contributed by atoms with Crippen molar-refractivity contribution in [3.63, 3.8) is 0 Å². The Morgan fingerprint density at radius 1 is 0.489 bits per heavy atom. The maximum Gasteiger partial charge on any atom is 0.167 e. The molecule has 6 aromatic carbocycles. The van der Waals surface area contributed by atoms with Gasteiger partial charge in [-0.1, -0.05) is 97.1 Å². The molecule has 0 aliphatic heterocycles. The molecule has 5 heteroatoms. The van der Waals surface area contributed by atoms with Gasteiger partial charge in [-0.25, -0.2) is 15.0 Å². The first-order chi connectivity index (χ1) is 22.2. The fourth-order valence-electron chi connectivity index (χ4n) is 6.43. The molecule has 212 valence electrons. The van der Waals surface area contributed by atoms with Crippen LogP contribution in [0.1, 0.15) is 5.56 Å². The van der Waals surface area contributed by atoms with Crippen molar-refractivity contribution in [3.8, 4) is 39.9 Å². The van der Waals surface area contributed by atoms with Crippen LogP contribution in [0.4, 0.5) is 0 Å². The normalized spacial score (nSPS) is 11.7. The van der Waals surface area contributed by atoms with E-state index in [1.54, 1.807) is 0 Å². The van der Waals surface area contributed by atoms with E-state index in [0.717, 1.165) is 55.4 Å². The Balaban J connectivity index is 1.33. The molecule has 3 aromatic heterocycles. The van der Waals surface area contributed by atoms with E-state index in [1.807, 2.05) is 66.7 Å². The highest BCUT2D eigenvalue weighted by molar-refractivity contribution is 6.18. The quantitative estimate of drug-likeness (QED) is 0.208. The van der Waals surface area contributed by atoms with E-state index < -0.39 is 0 Å². The van der Waals surface area contributed by atoms with Crippen molar-refractivity contribution in [2.45, 2.75) is 6.92 Å². The molecule has 45 heavy (non-hydrogen) atoms. The predicted molar refractivity (Wildman–Crippen MR) is 182 cm³/mol. The molecule has 0 unspecified atom stereocenters. The van der Waals surface area contributed by atoms with Gasteiger partial charge in [-0.15, -0.1) is 0 Å². The largest absolute Gasteiger partial charge is 0.455 e. The molecule has 0 spiro atoms. The number of fused-ring (bicyclic) bond motifs is 6. The van der Waals surface area contributed by atoms with Gasteiger partial charge in [0.2, 0.25) is 0 Å². The standard InChI is InChI=1S/C40H26N4O/c1-25-21-32-31-23-30-29-19-11-12-20-34(29)44(28-17-9-4-10-18-28)35(30)24-36(31)45-37(32)33(22-25)40-42-38(26-13-5-2-6-14-26)41-39(43-40)27-15-7-3-8-16-27/h2-24H,1H3. The monoisotopic (exact) mass is 578 g/mol. The van der Waals surface area contributed by atoms with Crippen LogP contribution in [0.25, 0.3) is 83.6 Å². The Hall–Kier alpha value is -6.07. The lowest BCUT2D eigenvalue weighted by Crippen LogP contribution is -2.00. The third-order valence-electron chi connectivity index (χ3n) is 8.46. The summed E-state index contributed by atoms with van der Waals surface area (Å²) in [5.74, 6) is 1.83. The molecule has 0 saturated carbocycles. The van der Waals surface area contributed by atoms with Crippen LogP contribution < -0.4 is 0 Å². The molecular weight excluding hydrogens is 552 g/mol. The number of benzene rings is 6. The maximum atomic E-state index is 6.77. The summed E-state index contributed by atoms with van der Waals surface area (Å²) in [4.78, 5) is 14.9. The number of hydrogen-bond acceptors (Lipinski definition) is 4. The van der Waals surface area contributed by atoms with Crippen molar-refractivity contribution in [2.75, 3.05) is 0 Å². The van der Waals surface area contributed by atoms with Crippen molar-refractivity contribution in [3.05, 3.63) is 145 Å². The van der Waals surface area contributed by atoms with E-state index in [1.165, 1.54) is 16.3 Å². The van der Waals surface area contributed by atoms with E-state index in [0.29, 0.717) is 17.5 Å². The Labute approximate surface area is 259 Å². The molecule has 0 bridgehead atoms. The predicted octanol–water partition coefficient (Wildman–Crippen LogP) is 10.2. The molecule has 0 saturated heterocycles. The van der Waals surface area contributed by atoms with Gasteiger partial charge >= 0.3 is 0 Å². The van der Waals surface area contributed by atoms with E-state index in [-0.39, 0.29) is 0 Å². The van der Waals surface area contributed by atoms with Crippen molar-refractivity contribution in [2.24, 2.45) is 0 Å². The summed E-state index contributed by atoms with van der Waals surface area (Å²) >= 11 is 0. The first kappa shape index (κ1) is 25.4. The fraction of sp³-hybridized carbons (Fsp3) is 0.0250. The number of para-hydroxylation sites is 2. The Morgan fingerprint density at radius 2 is 1.09 bits per heavy atom. The number of furan rings is 1. The van der Waals surface area contributed by atoms with Crippen LogP contribution in [0.15, 0.2) is 144 Å². The lowest BCUT2D eigenvalue weighted by Gasteiger charge is -2.09. The highest BCUT2D eigenvalue weighted by Gasteiger charge is 2.21. The van der Waals surface area contributed by atoms with Crippen molar-refractivity contribution in [1.29, 1.82) is 0 Å². The average molecular weight is 579 g/mol. The zero-order chi connectivity index (χ0) is 29.9. The van der Waals surface area contributed by atoms with E-state index in [2.05, 4.69) is 84.3 Å². The molecule has 0 fully saturated rings. The van der Waals surface area contributed by atoms with Crippen LogP contribution in [0.3, 0.4) is 0 Å². The van der Waals surface area contributed by atoms with Gasteiger partial charge in [0.25, 0.3) is 0 Å². The van der Waals surface area contributed by atoms with Gasteiger partial charge < -0.3 is 8.98 Å². The van der Waals surface area contributed by atoms with Crippen LogP contribution in [0.2, 0.25) is 0 Å². The SMILES string of the molecule is Cc1cc(-c2nc(-c3ccccc3)nc(-c3ccccc3)n2)c2oc3cc4c(cc3c2c1)c1ccccc1n4-c1ccccc1. The van der Waals surface area contributed by atoms with Gasteiger partial charge in [-0.3, -0.25) is 0 Å². The number of aryl methyl sites for hydroxylation is 1. The van der Waals surface area contributed by atoms with Gasteiger partial charge in [-0.05, 0) is 48.9 Å². The molecule has 0 aliphatic carbocycles. The zero-order valence-corrected chi connectivity index (χ0v) is 24.5. The molecule has 0 radical (unpaired) electrons. The van der Waals surface area contributed by atoms with Crippen LogP contribution in [0.5, 0.6) is 0 Å². The molecule has 3 heterocycles. The number of aromatic nitrogens is 4. The summed E-state index contributed by atoms with van der Waals surface area (Å²) in [5, 5.41) is 4.50. The Morgan fingerprint density at radius 3 is 1.78 bits per heavy atom. The minimum Gasteiger partial charge on any atom is -0.455 e. The maximum absolute atomic E-state index is 6.77. The number of rotatable bonds is 4. The minimum absolute atomic E-state index is 0.583. The Kier molecular flexibility index (Phi) is 5.65. The van der Waals surface area contributed by atoms with Crippen LogP contribution in [-0.2, 0) is 0 Å².